The van der Waals surface area contributed by atoms with Gasteiger partial charge in [0.05, 0.1) is 27.6 Å². The summed E-state index contributed by atoms with van der Waals surface area (Å²) >= 11 is 18.0. The van der Waals surface area contributed by atoms with Gasteiger partial charge in [-0.2, -0.15) is 9.78 Å². The Hall–Kier alpha value is -1.23. The first-order chi connectivity index (χ1) is 11.0. The van der Waals surface area contributed by atoms with Crippen LogP contribution in [-0.2, 0) is 0 Å². The third kappa shape index (κ3) is 3.35. The molecule has 7 heteroatoms. The summed E-state index contributed by atoms with van der Waals surface area (Å²) in [6.45, 7) is 2.17. The van der Waals surface area contributed by atoms with Crippen molar-refractivity contribution in [1.29, 1.82) is 0 Å². The molecular weight excluding hydrogens is 357 g/mol. The molecule has 0 aliphatic heterocycles. The molecule has 0 radical (unpaired) electrons. The van der Waals surface area contributed by atoms with Crippen LogP contribution in [0.5, 0.6) is 0 Å². The molecule has 1 unspecified atom stereocenters. The number of nitrogens with zero attached hydrogens (tertiary/aromatic N) is 2. The zero-order valence-electron chi connectivity index (χ0n) is 12.5. The summed E-state index contributed by atoms with van der Waals surface area (Å²) in [4.78, 5) is 12.1. The van der Waals surface area contributed by atoms with Gasteiger partial charge in [-0.25, -0.2) is 0 Å². The summed E-state index contributed by atoms with van der Waals surface area (Å²) in [6, 6.07) is 5.69. The summed E-state index contributed by atoms with van der Waals surface area (Å²) in [5.41, 5.74) is 0.919. The Morgan fingerprint density at radius 3 is 2.61 bits per heavy atom. The summed E-state index contributed by atoms with van der Waals surface area (Å²) in [5, 5.41) is 8.05. The van der Waals surface area contributed by atoms with Crippen molar-refractivity contribution in [1.82, 2.24) is 9.78 Å². The molecule has 0 spiro atoms. The summed E-state index contributed by atoms with van der Waals surface area (Å²) in [5.74, 6) is 0.699. The van der Waals surface area contributed by atoms with Crippen molar-refractivity contribution >= 4 is 40.5 Å². The lowest BCUT2D eigenvalue weighted by atomic mass is 9.80. The van der Waals surface area contributed by atoms with Gasteiger partial charge in [0, 0.05) is 6.04 Å². The molecule has 2 aromatic rings. The molecule has 1 saturated carbocycles. The third-order valence-corrected chi connectivity index (χ3v) is 5.37. The molecule has 1 fully saturated rings. The Morgan fingerprint density at radius 1 is 1.26 bits per heavy atom. The number of rotatable bonds is 4. The Labute approximate surface area is 149 Å². The molecule has 1 N–H and O–H groups in total. The van der Waals surface area contributed by atoms with Gasteiger partial charge in [-0.15, -0.1) is 0 Å². The van der Waals surface area contributed by atoms with E-state index in [4.69, 9.17) is 34.8 Å². The van der Waals surface area contributed by atoms with Gasteiger partial charge in [-0.3, -0.25) is 4.79 Å². The second-order valence-electron chi connectivity index (χ2n) is 5.81. The molecule has 1 aromatic carbocycles. The van der Waals surface area contributed by atoms with Crippen LogP contribution in [0.1, 0.15) is 26.2 Å². The van der Waals surface area contributed by atoms with Crippen LogP contribution < -0.4 is 10.9 Å². The van der Waals surface area contributed by atoms with Crippen LogP contribution in [0.4, 0.5) is 5.69 Å². The van der Waals surface area contributed by atoms with Crippen LogP contribution in [0.3, 0.4) is 0 Å². The molecule has 3 rings (SSSR count). The third-order valence-electron chi connectivity index (χ3n) is 4.31. The second kappa shape index (κ2) is 6.71. The average Bonchev–Trinajstić information content (AvgIpc) is 2.45. The van der Waals surface area contributed by atoms with E-state index < -0.39 is 5.56 Å². The molecule has 122 valence electrons. The molecular formula is C16H16Cl3N3O. The Bertz CT molecular complexity index is 787. The van der Waals surface area contributed by atoms with Crippen molar-refractivity contribution in [3.8, 4) is 5.69 Å². The fourth-order valence-corrected chi connectivity index (χ4v) is 3.14. The lowest BCUT2D eigenvalue weighted by Gasteiger charge is -2.32. The lowest BCUT2D eigenvalue weighted by molar-refractivity contribution is 0.285. The number of hydrogen-bond acceptors (Lipinski definition) is 3. The van der Waals surface area contributed by atoms with Gasteiger partial charge in [0.15, 0.2) is 0 Å². The van der Waals surface area contributed by atoms with E-state index in [0.717, 1.165) is 5.69 Å². The molecule has 1 aromatic heterocycles. The van der Waals surface area contributed by atoms with Crippen LogP contribution >= 0.6 is 34.8 Å². The Balaban J connectivity index is 1.87. The van der Waals surface area contributed by atoms with Crippen molar-refractivity contribution in [2.75, 3.05) is 5.32 Å². The normalized spacial score (nSPS) is 16.0. The van der Waals surface area contributed by atoms with Gasteiger partial charge in [-0.05, 0) is 43.9 Å². The topological polar surface area (TPSA) is 46.9 Å². The highest BCUT2D eigenvalue weighted by Gasteiger charge is 2.24. The molecule has 0 saturated heterocycles. The standard InChI is InChI=1S/C16H16Cl3N3O/c1-9(10-3-2-4-10)21-14-6-5-11(7-12(14)17)22-16(23)15(19)13(18)8-20-22/h5-10,21H,2-4H2,1H3. The monoisotopic (exact) mass is 371 g/mol. The lowest BCUT2D eigenvalue weighted by Crippen LogP contribution is -2.30. The fraction of sp³-hybridized carbons (Fsp3) is 0.375. The zero-order valence-corrected chi connectivity index (χ0v) is 14.8. The number of halogens is 3. The minimum atomic E-state index is -0.473. The van der Waals surface area contributed by atoms with Crippen LogP contribution in [0, 0.1) is 5.92 Å². The van der Waals surface area contributed by atoms with Gasteiger partial charge >= 0.3 is 0 Å². The fourth-order valence-electron chi connectivity index (χ4n) is 2.65. The van der Waals surface area contributed by atoms with E-state index >= 15 is 0 Å². The van der Waals surface area contributed by atoms with Gasteiger partial charge in [-0.1, -0.05) is 41.2 Å². The first-order valence-electron chi connectivity index (χ1n) is 7.47. The van der Waals surface area contributed by atoms with E-state index in [1.807, 2.05) is 6.07 Å². The number of nitrogens with one attached hydrogen (secondary N) is 1. The first kappa shape index (κ1) is 16.6. The van der Waals surface area contributed by atoms with Crippen LogP contribution in [-0.4, -0.2) is 15.8 Å². The summed E-state index contributed by atoms with van der Waals surface area (Å²) < 4.78 is 1.18. The number of aromatic nitrogens is 2. The zero-order chi connectivity index (χ0) is 16.6. The van der Waals surface area contributed by atoms with E-state index in [0.29, 0.717) is 22.7 Å². The number of benzene rings is 1. The smallest absolute Gasteiger partial charge is 0.291 e. The molecule has 1 aliphatic rings. The second-order valence-corrected chi connectivity index (χ2v) is 7.00. The van der Waals surface area contributed by atoms with E-state index in [1.165, 1.54) is 30.1 Å². The predicted molar refractivity (Wildman–Crippen MR) is 95.3 cm³/mol. The summed E-state index contributed by atoms with van der Waals surface area (Å²) in [6.07, 6.45) is 5.15. The number of hydrogen-bond donors (Lipinski definition) is 1. The molecule has 1 heterocycles. The van der Waals surface area contributed by atoms with Gasteiger partial charge in [0.25, 0.3) is 5.56 Å². The van der Waals surface area contributed by atoms with Gasteiger partial charge < -0.3 is 5.32 Å². The van der Waals surface area contributed by atoms with Crippen molar-refractivity contribution in [2.45, 2.75) is 32.2 Å². The van der Waals surface area contributed by atoms with Crippen molar-refractivity contribution in [3.05, 3.63) is 49.8 Å². The molecule has 23 heavy (non-hydrogen) atoms. The maximum absolute atomic E-state index is 12.1. The van der Waals surface area contributed by atoms with Crippen molar-refractivity contribution in [2.24, 2.45) is 5.92 Å². The molecule has 0 amide bonds. The molecule has 1 aliphatic carbocycles. The minimum absolute atomic E-state index is 0.0569. The van der Waals surface area contributed by atoms with Crippen molar-refractivity contribution in [3.63, 3.8) is 0 Å². The highest BCUT2D eigenvalue weighted by atomic mass is 35.5. The van der Waals surface area contributed by atoms with Crippen molar-refractivity contribution < 1.29 is 0 Å². The first-order valence-corrected chi connectivity index (χ1v) is 8.60. The Morgan fingerprint density at radius 2 is 2.00 bits per heavy atom. The van der Waals surface area contributed by atoms with E-state index in [-0.39, 0.29) is 10.0 Å². The Kier molecular flexibility index (Phi) is 4.85. The molecule has 0 bridgehead atoms. The minimum Gasteiger partial charge on any atom is -0.381 e. The van der Waals surface area contributed by atoms with E-state index in [1.54, 1.807) is 12.1 Å². The van der Waals surface area contributed by atoms with E-state index in [9.17, 15) is 4.79 Å². The summed E-state index contributed by atoms with van der Waals surface area (Å²) in [7, 11) is 0. The highest BCUT2D eigenvalue weighted by Crippen LogP contribution is 2.33. The van der Waals surface area contributed by atoms with Gasteiger partial charge in [0.1, 0.15) is 5.02 Å². The molecule has 4 nitrogen and oxygen atoms in total. The highest BCUT2D eigenvalue weighted by molar-refractivity contribution is 6.41. The van der Waals surface area contributed by atoms with Gasteiger partial charge in [0.2, 0.25) is 0 Å². The van der Waals surface area contributed by atoms with Crippen LogP contribution in [0.2, 0.25) is 15.1 Å². The van der Waals surface area contributed by atoms with Crippen LogP contribution in [0.25, 0.3) is 5.69 Å². The van der Waals surface area contributed by atoms with Crippen LogP contribution in [0.15, 0.2) is 29.2 Å². The largest absolute Gasteiger partial charge is 0.381 e. The predicted octanol–water partition coefficient (Wildman–Crippen LogP) is 4.79. The average molecular weight is 373 g/mol. The molecule has 1 atom stereocenters. The maximum Gasteiger partial charge on any atom is 0.291 e. The SMILES string of the molecule is CC(Nc1ccc(-n2ncc(Cl)c(Cl)c2=O)cc1Cl)C1CCC1. The quantitative estimate of drug-likeness (QED) is 0.839. The van der Waals surface area contributed by atoms with E-state index in [2.05, 4.69) is 17.3 Å². The maximum atomic E-state index is 12.1. The number of anilines is 1.